The molecule has 0 atom stereocenters. The molecule has 0 aliphatic rings. The zero-order chi connectivity index (χ0) is 22.1. The average Bonchev–Trinajstić information content (AvgIpc) is 3.18. The number of rotatable bonds is 5. The van der Waals surface area contributed by atoms with Crippen LogP contribution in [0.1, 0.15) is 29.3 Å². The summed E-state index contributed by atoms with van der Waals surface area (Å²) in [5, 5.41) is 4.59. The molecule has 0 N–H and O–H groups in total. The van der Waals surface area contributed by atoms with Gasteiger partial charge in [-0.1, -0.05) is 35.9 Å². The van der Waals surface area contributed by atoms with Crippen molar-refractivity contribution in [1.82, 2.24) is 14.6 Å². The summed E-state index contributed by atoms with van der Waals surface area (Å²) < 4.78 is 47.4. The van der Waals surface area contributed by atoms with Crippen LogP contribution in [0.25, 0.3) is 28.0 Å². The Hall–Kier alpha value is -3.39. The van der Waals surface area contributed by atoms with Crippen LogP contribution in [0.3, 0.4) is 0 Å². The topological polar surface area (TPSA) is 56.5 Å². The SMILES string of the molecule is CCOC(=O)c1cnn2c(-c3ccc(C(F)F)cc3F)c(-c3ccccc3Cl)cnc12. The summed E-state index contributed by atoms with van der Waals surface area (Å²) in [6.07, 6.45) is -0.105. The summed E-state index contributed by atoms with van der Waals surface area (Å²) in [5.41, 5.74) is 0.968. The highest BCUT2D eigenvalue weighted by molar-refractivity contribution is 6.33. The molecular formula is C22H15ClF3N3O2. The summed E-state index contributed by atoms with van der Waals surface area (Å²) in [5.74, 6) is -1.50. The molecule has 0 aliphatic heterocycles. The van der Waals surface area contributed by atoms with Gasteiger partial charge >= 0.3 is 5.97 Å². The number of aromatic nitrogens is 3. The number of fused-ring (bicyclic) bond motifs is 1. The molecule has 31 heavy (non-hydrogen) atoms. The summed E-state index contributed by atoms with van der Waals surface area (Å²) in [6, 6.07) is 10.0. The van der Waals surface area contributed by atoms with E-state index in [-0.39, 0.29) is 29.1 Å². The molecule has 2 aromatic carbocycles. The van der Waals surface area contributed by atoms with E-state index in [1.807, 2.05) is 0 Å². The number of nitrogens with zero attached hydrogens (tertiary/aromatic N) is 3. The minimum Gasteiger partial charge on any atom is -0.462 e. The van der Waals surface area contributed by atoms with Crippen LogP contribution >= 0.6 is 11.6 Å². The number of halogens is 4. The van der Waals surface area contributed by atoms with Gasteiger partial charge in [-0.15, -0.1) is 0 Å². The minimum atomic E-state index is -2.82. The third-order valence-electron chi connectivity index (χ3n) is 4.69. The highest BCUT2D eigenvalue weighted by atomic mass is 35.5. The maximum absolute atomic E-state index is 15.0. The van der Waals surface area contributed by atoms with Gasteiger partial charge in [0.2, 0.25) is 0 Å². The second-order valence-corrected chi connectivity index (χ2v) is 6.96. The molecule has 0 saturated carbocycles. The minimum absolute atomic E-state index is 0.00484. The predicted octanol–water partition coefficient (Wildman–Crippen LogP) is 5.97. The molecule has 5 nitrogen and oxygen atoms in total. The van der Waals surface area contributed by atoms with Crippen LogP contribution in [-0.2, 0) is 4.74 Å². The lowest BCUT2D eigenvalue weighted by atomic mass is 9.99. The van der Waals surface area contributed by atoms with Gasteiger partial charge < -0.3 is 4.74 Å². The van der Waals surface area contributed by atoms with Crippen LogP contribution in [0, 0.1) is 5.82 Å². The fraction of sp³-hybridized carbons (Fsp3) is 0.136. The quantitative estimate of drug-likeness (QED) is 0.355. The molecule has 2 heterocycles. The number of ether oxygens (including phenoxy) is 1. The molecule has 0 fully saturated rings. The predicted molar refractivity (Wildman–Crippen MR) is 110 cm³/mol. The first-order valence-corrected chi connectivity index (χ1v) is 9.67. The molecule has 4 rings (SSSR count). The standard InChI is InChI=1S/C22H15ClF3N3O2/c1-2-31-22(30)16-11-28-29-19(14-8-7-12(20(25)26)9-18(14)24)15(10-27-21(16)29)13-5-3-4-6-17(13)23/h3-11,20H,2H2,1H3. The van der Waals surface area contributed by atoms with E-state index in [1.54, 1.807) is 31.2 Å². The number of benzene rings is 2. The first-order valence-electron chi connectivity index (χ1n) is 9.29. The van der Waals surface area contributed by atoms with E-state index in [9.17, 15) is 18.0 Å². The number of hydrogen-bond acceptors (Lipinski definition) is 4. The Balaban J connectivity index is 2.03. The van der Waals surface area contributed by atoms with Crippen LogP contribution in [0.4, 0.5) is 13.2 Å². The monoisotopic (exact) mass is 445 g/mol. The zero-order valence-electron chi connectivity index (χ0n) is 16.2. The van der Waals surface area contributed by atoms with Crippen LogP contribution in [-0.4, -0.2) is 27.2 Å². The largest absolute Gasteiger partial charge is 0.462 e. The molecule has 0 spiro atoms. The van der Waals surface area contributed by atoms with E-state index in [2.05, 4.69) is 10.1 Å². The molecule has 0 unspecified atom stereocenters. The number of carbonyl (C=O) groups excluding carboxylic acids is 1. The summed E-state index contributed by atoms with van der Waals surface area (Å²) in [6.45, 7) is 1.82. The van der Waals surface area contributed by atoms with Crippen molar-refractivity contribution in [2.24, 2.45) is 0 Å². The van der Waals surface area contributed by atoms with Gasteiger partial charge in [0, 0.05) is 33.5 Å². The van der Waals surface area contributed by atoms with E-state index in [0.717, 1.165) is 12.1 Å². The van der Waals surface area contributed by atoms with E-state index < -0.39 is 23.8 Å². The average molecular weight is 446 g/mol. The molecule has 0 saturated heterocycles. The molecule has 0 amide bonds. The molecule has 4 aromatic rings. The normalized spacial score (nSPS) is 11.3. The van der Waals surface area contributed by atoms with Crippen molar-refractivity contribution in [1.29, 1.82) is 0 Å². The fourth-order valence-electron chi connectivity index (χ4n) is 3.28. The van der Waals surface area contributed by atoms with Gasteiger partial charge in [0.25, 0.3) is 6.43 Å². The maximum Gasteiger partial charge on any atom is 0.343 e. The zero-order valence-corrected chi connectivity index (χ0v) is 16.9. The highest BCUT2D eigenvalue weighted by Crippen LogP contribution is 2.38. The van der Waals surface area contributed by atoms with E-state index >= 15 is 0 Å². The highest BCUT2D eigenvalue weighted by Gasteiger charge is 2.23. The molecule has 0 aliphatic carbocycles. The van der Waals surface area contributed by atoms with Crippen LogP contribution in [0.15, 0.2) is 54.9 Å². The van der Waals surface area contributed by atoms with Gasteiger partial charge in [-0.3, -0.25) is 0 Å². The Morgan fingerprint density at radius 2 is 1.90 bits per heavy atom. The molecule has 2 aromatic heterocycles. The second kappa shape index (κ2) is 8.39. The first kappa shape index (κ1) is 20.9. The first-order chi connectivity index (χ1) is 14.9. The fourth-order valence-corrected chi connectivity index (χ4v) is 3.52. The summed E-state index contributed by atoms with van der Waals surface area (Å²) >= 11 is 6.35. The van der Waals surface area contributed by atoms with Crippen molar-refractivity contribution in [2.75, 3.05) is 6.61 Å². The van der Waals surface area contributed by atoms with Gasteiger partial charge in [-0.05, 0) is 25.1 Å². The van der Waals surface area contributed by atoms with Gasteiger partial charge in [-0.25, -0.2) is 27.5 Å². The molecule has 0 radical (unpaired) electrons. The number of carbonyl (C=O) groups is 1. The van der Waals surface area contributed by atoms with Gasteiger partial charge in [0.15, 0.2) is 5.65 Å². The maximum atomic E-state index is 15.0. The molecule has 158 valence electrons. The van der Waals surface area contributed by atoms with Crippen LogP contribution in [0.2, 0.25) is 5.02 Å². The van der Waals surface area contributed by atoms with Crippen molar-refractivity contribution in [3.8, 4) is 22.4 Å². The third-order valence-corrected chi connectivity index (χ3v) is 5.02. The van der Waals surface area contributed by atoms with Gasteiger partial charge in [0.1, 0.15) is 11.4 Å². The van der Waals surface area contributed by atoms with Gasteiger partial charge in [0.05, 0.1) is 18.5 Å². The molecule has 0 bridgehead atoms. The lowest BCUT2D eigenvalue weighted by Gasteiger charge is -2.14. The van der Waals surface area contributed by atoms with Crippen LogP contribution < -0.4 is 0 Å². The lowest BCUT2D eigenvalue weighted by molar-refractivity contribution is 0.0528. The lowest BCUT2D eigenvalue weighted by Crippen LogP contribution is -2.06. The number of alkyl halides is 2. The smallest absolute Gasteiger partial charge is 0.343 e. The Morgan fingerprint density at radius 1 is 1.13 bits per heavy atom. The van der Waals surface area contributed by atoms with Gasteiger partial charge in [-0.2, -0.15) is 5.10 Å². The van der Waals surface area contributed by atoms with E-state index in [1.165, 1.54) is 23.0 Å². The second-order valence-electron chi connectivity index (χ2n) is 6.55. The van der Waals surface area contributed by atoms with Crippen LogP contribution in [0.5, 0.6) is 0 Å². The van der Waals surface area contributed by atoms with E-state index in [0.29, 0.717) is 16.1 Å². The Bertz CT molecular complexity index is 1290. The Morgan fingerprint density at radius 3 is 2.58 bits per heavy atom. The molecule has 9 heteroatoms. The van der Waals surface area contributed by atoms with Crippen molar-refractivity contribution < 1.29 is 22.7 Å². The van der Waals surface area contributed by atoms with Crippen molar-refractivity contribution in [3.05, 3.63) is 76.8 Å². The summed E-state index contributed by atoms with van der Waals surface area (Å²) in [4.78, 5) is 16.6. The third kappa shape index (κ3) is 3.74. The number of esters is 1. The van der Waals surface area contributed by atoms with Crippen molar-refractivity contribution >= 4 is 23.2 Å². The Kier molecular flexibility index (Phi) is 5.65. The number of hydrogen-bond donors (Lipinski definition) is 0. The van der Waals surface area contributed by atoms with Crippen molar-refractivity contribution in [2.45, 2.75) is 13.3 Å². The molecular weight excluding hydrogens is 431 g/mol. The Labute approximate surface area is 180 Å². The summed E-state index contributed by atoms with van der Waals surface area (Å²) in [7, 11) is 0. The van der Waals surface area contributed by atoms with E-state index in [4.69, 9.17) is 16.3 Å². The van der Waals surface area contributed by atoms with Crippen molar-refractivity contribution in [3.63, 3.8) is 0 Å².